The van der Waals surface area contributed by atoms with Gasteiger partial charge in [0.1, 0.15) is 5.60 Å². The third-order valence-electron chi connectivity index (χ3n) is 2.83. The van der Waals surface area contributed by atoms with Gasteiger partial charge in [0.25, 0.3) is 0 Å². The first-order valence-electron chi connectivity index (χ1n) is 5.06. The van der Waals surface area contributed by atoms with Crippen LogP contribution in [-0.4, -0.2) is 27.7 Å². The molecular formula is C12H20N2O. The van der Waals surface area contributed by atoms with Crippen molar-refractivity contribution in [3.8, 4) is 0 Å². The van der Waals surface area contributed by atoms with Crippen LogP contribution in [0.5, 0.6) is 0 Å². The van der Waals surface area contributed by atoms with Crippen LogP contribution in [0, 0.1) is 0 Å². The number of rotatable bonds is 4. The predicted molar refractivity (Wildman–Crippen MR) is 64.2 cm³/mol. The lowest BCUT2D eigenvalue weighted by Crippen LogP contribution is -2.33. The molecule has 0 aliphatic carbocycles. The highest BCUT2D eigenvalue weighted by Gasteiger charge is 2.23. The Bertz CT molecular complexity index is 302. The van der Waals surface area contributed by atoms with Gasteiger partial charge < -0.3 is 15.4 Å². The second-order valence-corrected chi connectivity index (χ2v) is 4.08. The maximum absolute atomic E-state index is 5.71. The summed E-state index contributed by atoms with van der Waals surface area (Å²) in [6.07, 6.45) is 0. The second-order valence-electron chi connectivity index (χ2n) is 4.08. The van der Waals surface area contributed by atoms with E-state index in [1.165, 1.54) is 5.69 Å². The van der Waals surface area contributed by atoms with Crippen LogP contribution in [0.1, 0.15) is 12.5 Å². The molecule has 0 fully saturated rings. The molecule has 3 nitrogen and oxygen atoms in total. The molecule has 0 heterocycles. The summed E-state index contributed by atoms with van der Waals surface area (Å²) >= 11 is 0. The topological polar surface area (TPSA) is 38.5 Å². The molecule has 0 saturated carbocycles. The Hall–Kier alpha value is -1.06. The van der Waals surface area contributed by atoms with Gasteiger partial charge in [-0.05, 0) is 24.6 Å². The van der Waals surface area contributed by atoms with E-state index in [2.05, 4.69) is 29.2 Å². The highest BCUT2D eigenvalue weighted by molar-refractivity contribution is 5.47. The Kier molecular flexibility index (Phi) is 3.72. The van der Waals surface area contributed by atoms with Gasteiger partial charge in [-0.25, -0.2) is 0 Å². The summed E-state index contributed by atoms with van der Waals surface area (Å²) in [5.41, 5.74) is 7.61. The molecule has 0 aromatic heterocycles. The minimum absolute atomic E-state index is 0.384. The summed E-state index contributed by atoms with van der Waals surface area (Å²) in [7, 11) is 5.73. The van der Waals surface area contributed by atoms with Crippen LogP contribution in [0.25, 0.3) is 0 Å². The molecule has 1 atom stereocenters. The Morgan fingerprint density at radius 3 is 2.13 bits per heavy atom. The van der Waals surface area contributed by atoms with E-state index in [9.17, 15) is 0 Å². The lowest BCUT2D eigenvalue weighted by Gasteiger charge is -2.27. The van der Waals surface area contributed by atoms with Crippen molar-refractivity contribution in [1.82, 2.24) is 0 Å². The van der Waals surface area contributed by atoms with E-state index in [-0.39, 0.29) is 5.60 Å². The van der Waals surface area contributed by atoms with Crippen molar-refractivity contribution in [2.75, 3.05) is 32.6 Å². The van der Waals surface area contributed by atoms with Gasteiger partial charge in [0.05, 0.1) is 0 Å². The highest BCUT2D eigenvalue weighted by atomic mass is 16.5. The Morgan fingerprint density at radius 1 is 1.27 bits per heavy atom. The van der Waals surface area contributed by atoms with Crippen LogP contribution in [0.2, 0.25) is 0 Å². The first-order valence-corrected chi connectivity index (χ1v) is 5.06. The van der Waals surface area contributed by atoms with Crippen molar-refractivity contribution in [3.05, 3.63) is 29.8 Å². The van der Waals surface area contributed by atoms with E-state index in [1.807, 2.05) is 21.0 Å². The van der Waals surface area contributed by atoms with E-state index in [0.29, 0.717) is 6.54 Å². The van der Waals surface area contributed by atoms with Crippen molar-refractivity contribution in [3.63, 3.8) is 0 Å². The molecule has 1 rings (SSSR count). The largest absolute Gasteiger partial charge is 0.378 e. The van der Waals surface area contributed by atoms with Crippen LogP contribution < -0.4 is 10.6 Å². The molecule has 15 heavy (non-hydrogen) atoms. The monoisotopic (exact) mass is 208 g/mol. The van der Waals surface area contributed by atoms with E-state index in [0.717, 1.165) is 5.56 Å². The van der Waals surface area contributed by atoms with Crippen LogP contribution in [0.3, 0.4) is 0 Å². The van der Waals surface area contributed by atoms with Gasteiger partial charge in [-0.2, -0.15) is 0 Å². The number of nitrogens with zero attached hydrogens (tertiary/aromatic N) is 1. The Morgan fingerprint density at radius 2 is 1.80 bits per heavy atom. The van der Waals surface area contributed by atoms with Crippen LogP contribution in [0.15, 0.2) is 24.3 Å². The molecule has 0 radical (unpaired) electrons. The molecule has 84 valence electrons. The number of benzene rings is 1. The number of anilines is 1. The molecule has 0 aliphatic heterocycles. The molecule has 0 aliphatic rings. The Labute approximate surface area is 91.8 Å². The molecule has 0 saturated heterocycles. The highest BCUT2D eigenvalue weighted by Crippen LogP contribution is 2.25. The quantitative estimate of drug-likeness (QED) is 0.816. The van der Waals surface area contributed by atoms with Gasteiger partial charge in [-0.1, -0.05) is 12.1 Å². The zero-order chi connectivity index (χ0) is 11.5. The maximum atomic E-state index is 5.71. The van der Waals surface area contributed by atoms with Crippen molar-refractivity contribution in [2.24, 2.45) is 5.73 Å². The van der Waals surface area contributed by atoms with Crippen molar-refractivity contribution in [2.45, 2.75) is 12.5 Å². The molecule has 0 bridgehead atoms. The molecule has 2 N–H and O–H groups in total. The van der Waals surface area contributed by atoms with Crippen LogP contribution >= 0.6 is 0 Å². The molecule has 1 aromatic rings. The molecule has 0 amide bonds. The van der Waals surface area contributed by atoms with Crippen molar-refractivity contribution in [1.29, 1.82) is 0 Å². The number of methoxy groups -OCH3 is 1. The predicted octanol–water partition coefficient (Wildman–Crippen LogP) is 1.57. The lowest BCUT2D eigenvalue weighted by molar-refractivity contribution is 0.0101. The first kappa shape index (κ1) is 12.0. The second kappa shape index (κ2) is 4.64. The summed E-state index contributed by atoms with van der Waals surface area (Å²) in [6, 6.07) is 8.27. The first-order chi connectivity index (χ1) is 7.03. The maximum Gasteiger partial charge on any atom is 0.102 e. The van der Waals surface area contributed by atoms with Gasteiger partial charge >= 0.3 is 0 Å². The summed E-state index contributed by atoms with van der Waals surface area (Å²) in [5.74, 6) is 0. The van der Waals surface area contributed by atoms with Gasteiger partial charge in [0.2, 0.25) is 0 Å². The average molecular weight is 208 g/mol. The fraction of sp³-hybridized carbons (Fsp3) is 0.500. The molecule has 0 spiro atoms. The lowest BCUT2D eigenvalue weighted by atomic mass is 9.95. The van der Waals surface area contributed by atoms with E-state index < -0.39 is 0 Å². The molecule has 1 unspecified atom stereocenters. The average Bonchev–Trinajstić information content (AvgIpc) is 2.28. The fourth-order valence-electron chi connectivity index (χ4n) is 1.43. The zero-order valence-electron chi connectivity index (χ0n) is 9.95. The number of ether oxygens (including phenoxy) is 1. The SMILES string of the molecule is COC(C)(CN)c1ccc(N(C)C)cc1. The van der Waals surface area contributed by atoms with Gasteiger partial charge in [0.15, 0.2) is 0 Å². The minimum Gasteiger partial charge on any atom is -0.378 e. The standard InChI is InChI=1S/C12H20N2O/c1-12(9-13,15-4)10-5-7-11(8-6-10)14(2)3/h5-8H,9,13H2,1-4H3. The Balaban J connectivity index is 2.97. The van der Waals surface area contributed by atoms with Crippen molar-refractivity contribution >= 4 is 5.69 Å². The van der Waals surface area contributed by atoms with Gasteiger partial charge in [-0.15, -0.1) is 0 Å². The molecule has 3 heteroatoms. The van der Waals surface area contributed by atoms with Gasteiger partial charge in [0, 0.05) is 33.4 Å². The fourth-order valence-corrected chi connectivity index (χ4v) is 1.43. The van der Waals surface area contributed by atoms with Crippen LogP contribution in [0.4, 0.5) is 5.69 Å². The van der Waals surface area contributed by atoms with E-state index >= 15 is 0 Å². The van der Waals surface area contributed by atoms with E-state index in [1.54, 1.807) is 7.11 Å². The normalized spacial score (nSPS) is 14.7. The van der Waals surface area contributed by atoms with Crippen molar-refractivity contribution < 1.29 is 4.74 Å². The smallest absolute Gasteiger partial charge is 0.102 e. The summed E-state index contributed by atoms with van der Waals surface area (Å²) < 4.78 is 5.43. The third kappa shape index (κ3) is 2.49. The zero-order valence-corrected chi connectivity index (χ0v) is 9.95. The van der Waals surface area contributed by atoms with Crippen LogP contribution in [-0.2, 0) is 10.3 Å². The molecule has 1 aromatic carbocycles. The van der Waals surface area contributed by atoms with Gasteiger partial charge in [-0.3, -0.25) is 0 Å². The number of hydrogen-bond donors (Lipinski definition) is 1. The van der Waals surface area contributed by atoms with E-state index in [4.69, 9.17) is 10.5 Å². The molecular weight excluding hydrogens is 188 g/mol. The minimum atomic E-state index is -0.384. The number of nitrogens with two attached hydrogens (primary N) is 1. The number of hydrogen-bond acceptors (Lipinski definition) is 3. The summed E-state index contributed by atoms with van der Waals surface area (Å²) in [4.78, 5) is 2.07. The summed E-state index contributed by atoms with van der Waals surface area (Å²) in [5, 5.41) is 0. The third-order valence-corrected chi connectivity index (χ3v) is 2.83. The summed E-state index contributed by atoms with van der Waals surface area (Å²) in [6.45, 7) is 2.47.